The Labute approximate surface area is 108 Å². The fourth-order valence-electron chi connectivity index (χ4n) is 2.67. The van der Waals surface area contributed by atoms with Gasteiger partial charge in [-0.3, -0.25) is 4.90 Å². The van der Waals surface area contributed by atoms with E-state index >= 15 is 0 Å². The van der Waals surface area contributed by atoms with Crippen LogP contribution < -0.4 is 10.5 Å². The van der Waals surface area contributed by atoms with Crippen molar-refractivity contribution in [2.45, 2.75) is 25.9 Å². The van der Waals surface area contributed by atoms with Crippen LogP contribution in [0.3, 0.4) is 0 Å². The summed E-state index contributed by atoms with van der Waals surface area (Å²) in [5.74, 6) is 0.947. The van der Waals surface area contributed by atoms with Crippen molar-refractivity contribution >= 4 is 0 Å². The molecule has 0 spiro atoms. The normalized spacial score (nSPS) is 24.4. The molecule has 2 rings (SSSR count). The number of ether oxygens (including phenoxy) is 1. The summed E-state index contributed by atoms with van der Waals surface area (Å²) in [6.07, 6.45) is 1.14. The lowest BCUT2D eigenvalue weighted by Crippen LogP contribution is -2.38. The van der Waals surface area contributed by atoms with E-state index in [-0.39, 0.29) is 5.82 Å². The number of benzene rings is 1. The van der Waals surface area contributed by atoms with Gasteiger partial charge in [0.25, 0.3) is 0 Å². The van der Waals surface area contributed by atoms with Crippen LogP contribution in [0.15, 0.2) is 18.2 Å². The highest BCUT2D eigenvalue weighted by molar-refractivity contribution is 5.29. The molecule has 1 heterocycles. The summed E-state index contributed by atoms with van der Waals surface area (Å²) in [7, 11) is 1.54. The van der Waals surface area contributed by atoms with Crippen LogP contribution >= 0.6 is 0 Å². The van der Waals surface area contributed by atoms with Gasteiger partial charge in [-0.1, -0.05) is 13.0 Å². The quantitative estimate of drug-likeness (QED) is 0.890. The maximum Gasteiger partial charge on any atom is 0.131 e. The van der Waals surface area contributed by atoms with E-state index < -0.39 is 0 Å². The second kappa shape index (κ2) is 5.67. The molecule has 1 aliphatic rings. The predicted molar refractivity (Wildman–Crippen MR) is 70.0 cm³/mol. The van der Waals surface area contributed by atoms with E-state index in [0.717, 1.165) is 13.0 Å². The molecule has 0 aliphatic carbocycles. The zero-order valence-corrected chi connectivity index (χ0v) is 11.0. The van der Waals surface area contributed by atoms with E-state index in [1.54, 1.807) is 19.2 Å². The zero-order chi connectivity index (χ0) is 13.1. The van der Waals surface area contributed by atoms with Gasteiger partial charge in [0.2, 0.25) is 0 Å². The van der Waals surface area contributed by atoms with Crippen LogP contribution in [0.1, 0.15) is 18.9 Å². The molecule has 1 aromatic rings. The van der Waals surface area contributed by atoms with E-state index in [1.165, 1.54) is 6.07 Å². The van der Waals surface area contributed by atoms with E-state index in [9.17, 15) is 4.39 Å². The van der Waals surface area contributed by atoms with Crippen LogP contribution in [0.25, 0.3) is 0 Å². The van der Waals surface area contributed by atoms with Gasteiger partial charge in [-0.05, 0) is 24.9 Å². The molecule has 1 aromatic carbocycles. The van der Waals surface area contributed by atoms with Gasteiger partial charge in [0.1, 0.15) is 11.6 Å². The van der Waals surface area contributed by atoms with Gasteiger partial charge in [0.05, 0.1) is 7.11 Å². The van der Waals surface area contributed by atoms with Crippen molar-refractivity contribution in [2.75, 3.05) is 20.2 Å². The Balaban J connectivity index is 2.09. The van der Waals surface area contributed by atoms with Crippen molar-refractivity contribution in [3.8, 4) is 5.75 Å². The number of nitrogens with zero attached hydrogens (tertiary/aromatic N) is 1. The summed E-state index contributed by atoms with van der Waals surface area (Å²) in [6.45, 7) is 4.47. The van der Waals surface area contributed by atoms with Crippen molar-refractivity contribution in [3.05, 3.63) is 29.6 Å². The first-order valence-electron chi connectivity index (χ1n) is 6.42. The highest BCUT2D eigenvalue weighted by Gasteiger charge is 2.30. The predicted octanol–water partition coefficient (Wildman–Crippen LogP) is 2.00. The molecule has 1 aliphatic heterocycles. The molecule has 1 saturated heterocycles. The maximum absolute atomic E-state index is 13.9. The minimum atomic E-state index is -0.204. The Hall–Kier alpha value is -1.13. The molecule has 2 atom stereocenters. The van der Waals surface area contributed by atoms with Crippen molar-refractivity contribution < 1.29 is 9.13 Å². The lowest BCUT2D eigenvalue weighted by Gasteiger charge is -2.25. The van der Waals surface area contributed by atoms with Crippen molar-refractivity contribution in [3.63, 3.8) is 0 Å². The lowest BCUT2D eigenvalue weighted by atomic mass is 10.0. The number of halogens is 1. The average Bonchev–Trinajstić information content (AvgIpc) is 2.72. The van der Waals surface area contributed by atoms with Gasteiger partial charge in [0, 0.05) is 30.8 Å². The number of rotatable bonds is 4. The van der Waals surface area contributed by atoms with Crippen LogP contribution in [0.2, 0.25) is 0 Å². The van der Waals surface area contributed by atoms with Gasteiger partial charge in [-0.25, -0.2) is 4.39 Å². The molecule has 0 aromatic heterocycles. The molecule has 0 bridgehead atoms. The number of likely N-dealkylation sites (tertiary alicyclic amines) is 1. The minimum absolute atomic E-state index is 0.204. The van der Waals surface area contributed by atoms with E-state index in [4.69, 9.17) is 10.5 Å². The summed E-state index contributed by atoms with van der Waals surface area (Å²) in [4.78, 5) is 2.27. The first-order valence-corrected chi connectivity index (χ1v) is 6.42. The Kier molecular flexibility index (Phi) is 4.19. The van der Waals surface area contributed by atoms with Crippen molar-refractivity contribution in [1.82, 2.24) is 4.90 Å². The van der Waals surface area contributed by atoms with E-state index in [1.807, 2.05) is 0 Å². The van der Waals surface area contributed by atoms with Gasteiger partial charge in [0.15, 0.2) is 0 Å². The fraction of sp³-hybridized carbons (Fsp3) is 0.571. The van der Waals surface area contributed by atoms with Gasteiger partial charge in [-0.2, -0.15) is 0 Å². The summed E-state index contributed by atoms with van der Waals surface area (Å²) < 4.78 is 18.9. The number of methoxy groups -OCH3 is 1. The standard InChI is InChI=1S/C14H21FN2O/c1-10-5-6-17(14(10)8-16)9-11-3-4-12(18-2)7-13(11)15/h3-4,7,10,14H,5-6,8-9,16H2,1-2H3. The first-order chi connectivity index (χ1) is 8.65. The third-order valence-electron chi connectivity index (χ3n) is 3.87. The first kappa shape index (κ1) is 13.3. The zero-order valence-electron chi connectivity index (χ0n) is 11.0. The Bertz CT molecular complexity index is 411. The van der Waals surface area contributed by atoms with Crippen LogP contribution in [0.5, 0.6) is 5.75 Å². The van der Waals surface area contributed by atoms with E-state index in [2.05, 4.69) is 11.8 Å². The Morgan fingerprint density at radius 3 is 2.89 bits per heavy atom. The van der Waals surface area contributed by atoms with Crippen LogP contribution in [0, 0.1) is 11.7 Å². The minimum Gasteiger partial charge on any atom is -0.497 e. The van der Waals surface area contributed by atoms with E-state index in [0.29, 0.717) is 36.4 Å². The summed E-state index contributed by atoms with van der Waals surface area (Å²) >= 11 is 0. The van der Waals surface area contributed by atoms with Crippen LogP contribution in [-0.2, 0) is 6.54 Å². The van der Waals surface area contributed by atoms with Crippen molar-refractivity contribution in [2.24, 2.45) is 11.7 Å². The molecule has 2 N–H and O–H groups in total. The Morgan fingerprint density at radius 2 is 2.28 bits per heavy atom. The summed E-state index contributed by atoms with van der Waals surface area (Å²) in [6, 6.07) is 5.40. The topological polar surface area (TPSA) is 38.5 Å². The smallest absolute Gasteiger partial charge is 0.131 e. The SMILES string of the molecule is COc1ccc(CN2CCC(C)C2CN)c(F)c1. The molecule has 2 unspecified atom stereocenters. The summed E-state index contributed by atoms with van der Waals surface area (Å²) in [5.41, 5.74) is 6.51. The molecule has 4 heteroatoms. The van der Waals surface area contributed by atoms with Gasteiger partial charge >= 0.3 is 0 Å². The van der Waals surface area contributed by atoms with Crippen molar-refractivity contribution in [1.29, 1.82) is 0 Å². The third-order valence-corrected chi connectivity index (χ3v) is 3.87. The van der Waals surface area contributed by atoms with Crippen LogP contribution in [0.4, 0.5) is 4.39 Å². The Morgan fingerprint density at radius 1 is 1.50 bits per heavy atom. The highest BCUT2D eigenvalue weighted by atomic mass is 19.1. The highest BCUT2D eigenvalue weighted by Crippen LogP contribution is 2.26. The second-order valence-electron chi connectivity index (χ2n) is 5.00. The average molecular weight is 252 g/mol. The molecule has 100 valence electrons. The molecule has 1 fully saturated rings. The molecule has 18 heavy (non-hydrogen) atoms. The largest absolute Gasteiger partial charge is 0.497 e. The van der Waals surface area contributed by atoms with Gasteiger partial charge < -0.3 is 10.5 Å². The molecular weight excluding hydrogens is 231 g/mol. The lowest BCUT2D eigenvalue weighted by molar-refractivity contribution is 0.225. The molecule has 0 saturated carbocycles. The monoisotopic (exact) mass is 252 g/mol. The molecule has 0 radical (unpaired) electrons. The molecule has 3 nitrogen and oxygen atoms in total. The fourth-order valence-corrected chi connectivity index (χ4v) is 2.67. The maximum atomic E-state index is 13.9. The molecular formula is C14H21FN2O. The number of hydrogen-bond acceptors (Lipinski definition) is 3. The van der Waals surface area contributed by atoms with Crippen LogP contribution in [-0.4, -0.2) is 31.1 Å². The van der Waals surface area contributed by atoms with Gasteiger partial charge in [-0.15, -0.1) is 0 Å². The third kappa shape index (κ3) is 2.65. The summed E-state index contributed by atoms with van der Waals surface area (Å²) in [5, 5.41) is 0. The number of nitrogens with two attached hydrogens (primary N) is 1. The molecule has 0 amide bonds. The number of hydrogen-bond donors (Lipinski definition) is 1. The second-order valence-corrected chi connectivity index (χ2v) is 5.00.